The first-order valence-electron chi connectivity index (χ1n) is 12.0. The number of likely N-dealkylation sites (tertiary alicyclic amines) is 2. The maximum absolute atomic E-state index is 13.9. The van der Waals surface area contributed by atoms with Crippen LogP contribution in [0.25, 0.3) is 11.1 Å². The molecule has 2 fully saturated rings. The normalized spacial score (nSPS) is 21.8. The van der Waals surface area contributed by atoms with Gasteiger partial charge in [0.15, 0.2) is 5.69 Å². The van der Waals surface area contributed by atoms with E-state index in [9.17, 15) is 9.59 Å². The van der Waals surface area contributed by atoms with E-state index in [1.54, 1.807) is 0 Å². The minimum absolute atomic E-state index is 0.00400. The van der Waals surface area contributed by atoms with Gasteiger partial charge in [0.2, 0.25) is 5.91 Å². The van der Waals surface area contributed by atoms with Crippen molar-refractivity contribution >= 4 is 23.4 Å². The lowest BCUT2D eigenvalue weighted by Crippen LogP contribution is -2.63. The van der Waals surface area contributed by atoms with Gasteiger partial charge in [-0.2, -0.15) is 5.10 Å². The third-order valence-electron chi connectivity index (χ3n) is 7.63. The molecule has 174 valence electrons. The van der Waals surface area contributed by atoms with Crippen LogP contribution in [-0.4, -0.2) is 57.1 Å². The SMILES string of the molecule is C=CC(=O)N1CC2(CCN(C(=O)c3nn4c(c3-c3ccccc3Cl)CCCCC4)[C@@H](C)C2)C1. The highest BCUT2D eigenvalue weighted by molar-refractivity contribution is 6.33. The minimum atomic E-state index is -0.00816. The van der Waals surface area contributed by atoms with Gasteiger partial charge >= 0.3 is 0 Å². The van der Waals surface area contributed by atoms with Crippen molar-refractivity contribution in [2.45, 2.75) is 58.0 Å². The third kappa shape index (κ3) is 3.88. The van der Waals surface area contributed by atoms with Crippen molar-refractivity contribution in [1.82, 2.24) is 19.6 Å². The van der Waals surface area contributed by atoms with Crippen molar-refractivity contribution in [3.8, 4) is 11.1 Å². The van der Waals surface area contributed by atoms with Gasteiger partial charge in [0, 0.05) is 59.5 Å². The molecule has 3 aliphatic rings. The summed E-state index contributed by atoms with van der Waals surface area (Å²) >= 11 is 6.60. The molecule has 0 unspecified atom stereocenters. The van der Waals surface area contributed by atoms with E-state index in [4.69, 9.17) is 16.7 Å². The van der Waals surface area contributed by atoms with Gasteiger partial charge in [-0.3, -0.25) is 14.3 Å². The van der Waals surface area contributed by atoms with Gasteiger partial charge in [-0.25, -0.2) is 0 Å². The Morgan fingerprint density at radius 1 is 1.18 bits per heavy atom. The number of hydrogen-bond acceptors (Lipinski definition) is 3. The van der Waals surface area contributed by atoms with E-state index in [1.165, 1.54) is 12.5 Å². The molecule has 3 aliphatic heterocycles. The summed E-state index contributed by atoms with van der Waals surface area (Å²) in [6.07, 6.45) is 7.44. The standard InChI is InChI=1S/C26H31ClN4O2/c1-3-22(32)29-16-26(17-29)12-14-30(18(2)15-26)25(33)24-23(19-9-6-7-10-20(19)27)21-11-5-4-8-13-31(21)28-24/h3,6-7,9-10,18H,1,4-5,8,11-17H2,2H3/t18-/m0/s1. The second-order valence-electron chi connectivity index (χ2n) is 9.88. The molecule has 0 bridgehead atoms. The van der Waals surface area contributed by atoms with Crippen LogP contribution in [0, 0.1) is 5.41 Å². The summed E-state index contributed by atoms with van der Waals surface area (Å²) < 4.78 is 2.04. The van der Waals surface area contributed by atoms with Crippen molar-refractivity contribution in [2.75, 3.05) is 19.6 Å². The fraction of sp³-hybridized carbons (Fsp3) is 0.500. The molecule has 1 spiro atoms. The van der Waals surface area contributed by atoms with Crippen LogP contribution >= 0.6 is 11.6 Å². The van der Waals surface area contributed by atoms with Gasteiger partial charge in [-0.05, 0) is 51.2 Å². The number of carbonyl (C=O) groups is 2. The molecule has 4 heterocycles. The Morgan fingerprint density at radius 3 is 2.70 bits per heavy atom. The summed E-state index contributed by atoms with van der Waals surface area (Å²) in [5, 5.41) is 5.51. The summed E-state index contributed by atoms with van der Waals surface area (Å²) in [7, 11) is 0. The molecule has 33 heavy (non-hydrogen) atoms. The Hall–Kier alpha value is -2.60. The monoisotopic (exact) mass is 466 g/mol. The van der Waals surface area contributed by atoms with E-state index >= 15 is 0 Å². The number of aryl methyl sites for hydroxylation is 1. The van der Waals surface area contributed by atoms with Crippen LogP contribution < -0.4 is 0 Å². The minimum Gasteiger partial charge on any atom is -0.338 e. The zero-order valence-electron chi connectivity index (χ0n) is 19.2. The number of nitrogens with zero attached hydrogens (tertiary/aromatic N) is 4. The van der Waals surface area contributed by atoms with Crippen LogP contribution in [0.4, 0.5) is 0 Å². The lowest BCUT2D eigenvalue weighted by Gasteiger charge is -2.55. The lowest BCUT2D eigenvalue weighted by atomic mass is 9.69. The van der Waals surface area contributed by atoms with Gasteiger partial charge in [0.05, 0.1) is 0 Å². The molecular weight excluding hydrogens is 436 g/mol. The van der Waals surface area contributed by atoms with Gasteiger partial charge < -0.3 is 9.80 Å². The number of hydrogen-bond donors (Lipinski definition) is 0. The fourth-order valence-electron chi connectivity index (χ4n) is 5.95. The second-order valence-corrected chi connectivity index (χ2v) is 10.3. The number of aromatic nitrogens is 2. The first kappa shape index (κ1) is 22.2. The summed E-state index contributed by atoms with van der Waals surface area (Å²) in [6.45, 7) is 8.74. The van der Waals surface area contributed by atoms with Gasteiger partial charge in [0.1, 0.15) is 0 Å². The molecule has 0 aliphatic carbocycles. The van der Waals surface area contributed by atoms with E-state index in [-0.39, 0.29) is 23.3 Å². The molecule has 2 amide bonds. The number of amides is 2. The van der Waals surface area contributed by atoms with E-state index in [0.29, 0.717) is 17.3 Å². The fourth-order valence-corrected chi connectivity index (χ4v) is 6.18. The highest BCUT2D eigenvalue weighted by Gasteiger charge is 2.49. The maximum atomic E-state index is 13.9. The maximum Gasteiger partial charge on any atom is 0.275 e. The molecule has 0 saturated carbocycles. The molecule has 5 rings (SSSR count). The van der Waals surface area contributed by atoms with Crippen LogP contribution in [0.2, 0.25) is 5.02 Å². The Kier molecular flexibility index (Phi) is 5.81. The van der Waals surface area contributed by atoms with E-state index in [1.807, 2.05) is 38.7 Å². The van der Waals surface area contributed by atoms with E-state index < -0.39 is 0 Å². The largest absolute Gasteiger partial charge is 0.338 e. The average Bonchev–Trinajstić information content (AvgIpc) is 2.98. The Labute approximate surface area is 200 Å². The van der Waals surface area contributed by atoms with Crippen molar-refractivity contribution in [1.29, 1.82) is 0 Å². The number of rotatable bonds is 3. The predicted octanol–water partition coefficient (Wildman–Crippen LogP) is 4.57. The van der Waals surface area contributed by atoms with Crippen molar-refractivity contribution in [2.24, 2.45) is 5.41 Å². The van der Waals surface area contributed by atoms with E-state index in [2.05, 4.69) is 13.5 Å². The molecule has 1 atom stereocenters. The Bertz CT molecular complexity index is 1100. The molecule has 6 nitrogen and oxygen atoms in total. The van der Waals surface area contributed by atoms with E-state index in [0.717, 1.165) is 68.6 Å². The number of piperidine rings is 1. The summed E-state index contributed by atoms with van der Waals surface area (Å²) in [5.74, 6) is -0.0122. The van der Waals surface area contributed by atoms with Crippen molar-refractivity contribution < 1.29 is 9.59 Å². The summed E-state index contributed by atoms with van der Waals surface area (Å²) in [6, 6.07) is 7.85. The topological polar surface area (TPSA) is 58.4 Å². The Morgan fingerprint density at radius 2 is 1.97 bits per heavy atom. The molecule has 0 radical (unpaired) electrons. The Balaban J connectivity index is 1.43. The van der Waals surface area contributed by atoms with Crippen LogP contribution in [-0.2, 0) is 17.8 Å². The summed E-state index contributed by atoms with van der Waals surface area (Å²) in [5.41, 5.74) is 3.57. The van der Waals surface area contributed by atoms with Gasteiger partial charge in [0.25, 0.3) is 5.91 Å². The third-order valence-corrected chi connectivity index (χ3v) is 7.96. The number of benzene rings is 1. The second kappa shape index (κ2) is 8.64. The highest BCUT2D eigenvalue weighted by atomic mass is 35.5. The predicted molar refractivity (Wildman–Crippen MR) is 129 cm³/mol. The number of fused-ring (bicyclic) bond motifs is 1. The van der Waals surface area contributed by atoms with Crippen LogP contribution in [0.15, 0.2) is 36.9 Å². The molecule has 2 aromatic rings. The molecule has 7 heteroatoms. The number of halogens is 1. The number of carbonyl (C=O) groups excluding carboxylic acids is 2. The highest BCUT2D eigenvalue weighted by Crippen LogP contribution is 2.44. The molecule has 1 aromatic heterocycles. The quantitative estimate of drug-likeness (QED) is 0.622. The summed E-state index contributed by atoms with van der Waals surface area (Å²) in [4.78, 5) is 29.6. The van der Waals surface area contributed by atoms with Gasteiger partial charge in [-0.15, -0.1) is 0 Å². The molecule has 0 N–H and O–H groups in total. The van der Waals surface area contributed by atoms with Crippen LogP contribution in [0.1, 0.15) is 55.2 Å². The van der Waals surface area contributed by atoms with Crippen molar-refractivity contribution in [3.63, 3.8) is 0 Å². The van der Waals surface area contributed by atoms with Crippen LogP contribution in [0.3, 0.4) is 0 Å². The first-order chi connectivity index (χ1) is 15.9. The smallest absolute Gasteiger partial charge is 0.275 e. The zero-order chi connectivity index (χ0) is 23.2. The molecule has 1 aromatic carbocycles. The van der Waals surface area contributed by atoms with Crippen molar-refractivity contribution in [3.05, 3.63) is 53.3 Å². The van der Waals surface area contributed by atoms with Crippen LogP contribution in [0.5, 0.6) is 0 Å². The molecule has 2 saturated heterocycles. The molecular formula is C26H31ClN4O2. The zero-order valence-corrected chi connectivity index (χ0v) is 20.0. The first-order valence-corrected chi connectivity index (χ1v) is 12.4. The lowest BCUT2D eigenvalue weighted by molar-refractivity contribution is -0.142. The average molecular weight is 467 g/mol. The van der Waals surface area contributed by atoms with Gasteiger partial charge in [-0.1, -0.05) is 42.8 Å².